The number of aromatic nitrogens is 1. The van der Waals surface area contributed by atoms with Crippen molar-refractivity contribution in [2.75, 3.05) is 0 Å². The number of oxazole rings is 1. The summed E-state index contributed by atoms with van der Waals surface area (Å²) in [4.78, 5) is 14.2. The Kier molecular flexibility index (Phi) is 1.71. The molecule has 54 valence electrons. The Balaban J connectivity index is 3.01. The fraction of sp³-hybridized carbons (Fsp3) is 0.333. The summed E-state index contributed by atoms with van der Waals surface area (Å²) in [5.74, 6) is 0.0121. The highest BCUT2D eigenvalue weighted by molar-refractivity contribution is 5.91. The summed E-state index contributed by atoms with van der Waals surface area (Å²) in [5, 5.41) is 0. The van der Waals surface area contributed by atoms with Crippen molar-refractivity contribution < 1.29 is 9.21 Å². The largest absolute Gasteiger partial charge is 0.448 e. The zero-order chi connectivity index (χ0) is 7.56. The van der Waals surface area contributed by atoms with Gasteiger partial charge in [0, 0.05) is 6.42 Å². The van der Waals surface area contributed by atoms with Crippen LogP contribution in [-0.4, -0.2) is 10.9 Å². The van der Waals surface area contributed by atoms with Gasteiger partial charge >= 0.3 is 0 Å². The minimum atomic E-state index is -0.536. The van der Waals surface area contributed by atoms with Crippen molar-refractivity contribution in [3.05, 3.63) is 17.8 Å². The molecule has 0 saturated carbocycles. The summed E-state index contributed by atoms with van der Waals surface area (Å²) < 4.78 is 4.86. The molecule has 1 rings (SSSR count). The Morgan fingerprint density at radius 3 is 3.00 bits per heavy atom. The van der Waals surface area contributed by atoms with Gasteiger partial charge in [0.1, 0.15) is 5.76 Å². The van der Waals surface area contributed by atoms with Gasteiger partial charge in [0.2, 0.25) is 0 Å². The van der Waals surface area contributed by atoms with E-state index in [1.807, 2.05) is 6.92 Å². The average Bonchev–Trinajstić information content (AvgIpc) is 2.33. The second kappa shape index (κ2) is 2.51. The second-order valence-corrected chi connectivity index (χ2v) is 1.84. The van der Waals surface area contributed by atoms with Gasteiger partial charge in [-0.2, -0.15) is 0 Å². The van der Waals surface area contributed by atoms with Gasteiger partial charge in [-0.15, -0.1) is 0 Å². The van der Waals surface area contributed by atoms with Crippen LogP contribution in [0.15, 0.2) is 10.8 Å². The SMILES string of the molecule is CCc1ocnc1C(N)=O. The van der Waals surface area contributed by atoms with Crippen LogP contribution in [0.25, 0.3) is 0 Å². The first-order valence-electron chi connectivity index (χ1n) is 2.98. The number of rotatable bonds is 2. The molecule has 0 atom stereocenters. The molecule has 4 nitrogen and oxygen atoms in total. The smallest absolute Gasteiger partial charge is 0.270 e. The van der Waals surface area contributed by atoms with E-state index in [1.165, 1.54) is 6.39 Å². The third-order valence-corrected chi connectivity index (χ3v) is 1.20. The van der Waals surface area contributed by atoms with E-state index in [0.717, 1.165) is 0 Å². The van der Waals surface area contributed by atoms with E-state index in [4.69, 9.17) is 10.2 Å². The number of hydrogen-bond donors (Lipinski definition) is 1. The van der Waals surface area contributed by atoms with Crippen molar-refractivity contribution in [2.24, 2.45) is 5.73 Å². The average molecular weight is 140 g/mol. The lowest BCUT2D eigenvalue weighted by Gasteiger charge is -1.89. The molecule has 0 aliphatic rings. The van der Waals surface area contributed by atoms with Crippen LogP contribution in [-0.2, 0) is 6.42 Å². The zero-order valence-electron chi connectivity index (χ0n) is 5.63. The fourth-order valence-electron chi connectivity index (χ4n) is 0.722. The van der Waals surface area contributed by atoms with E-state index in [2.05, 4.69) is 4.98 Å². The summed E-state index contributed by atoms with van der Waals surface area (Å²) in [6.45, 7) is 1.87. The maximum absolute atomic E-state index is 10.5. The van der Waals surface area contributed by atoms with Gasteiger partial charge in [-0.05, 0) is 0 Å². The summed E-state index contributed by atoms with van der Waals surface area (Å²) in [7, 11) is 0. The molecule has 0 radical (unpaired) electrons. The van der Waals surface area contributed by atoms with Crippen LogP contribution >= 0.6 is 0 Å². The molecule has 0 aliphatic carbocycles. The van der Waals surface area contributed by atoms with Crippen LogP contribution in [0, 0.1) is 0 Å². The fourth-order valence-corrected chi connectivity index (χ4v) is 0.722. The van der Waals surface area contributed by atoms with Crippen molar-refractivity contribution in [3.8, 4) is 0 Å². The molecule has 10 heavy (non-hydrogen) atoms. The van der Waals surface area contributed by atoms with Crippen molar-refractivity contribution in [2.45, 2.75) is 13.3 Å². The Labute approximate surface area is 58.0 Å². The molecule has 0 aromatic carbocycles. The van der Waals surface area contributed by atoms with Crippen molar-refractivity contribution in [1.82, 2.24) is 4.98 Å². The molecule has 1 heterocycles. The normalized spacial score (nSPS) is 9.70. The highest BCUT2D eigenvalue weighted by Crippen LogP contribution is 2.05. The van der Waals surface area contributed by atoms with Crippen LogP contribution in [0.3, 0.4) is 0 Å². The Morgan fingerprint density at radius 1 is 1.90 bits per heavy atom. The van der Waals surface area contributed by atoms with Gasteiger partial charge in [0.15, 0.2) is 12.1 Å². The standard InChI is InChI=1S/C6H8N2O2/c1-2-4-5(6(7)9)8-3-10-4/h3H,2H2,1H3,(H2,7,9). The maximum Gasteiger partial charge on any atom is 0.270 e. The van der Waals surface area contributed by atoms with Crippen LogP contribution < -0.4 is 5.73 Å². The number of carbonyl (C=O) groups excluding carboxylic acids is 1. The molecule has 0 fully saturated rings. The molecule has 1 aromatic rings. The summed E-state index contributed by atoms with van der Waals surface area (Å²) in [6.07, 6.45) is 1.86. The first-order valence-corrected chi connectivity index (χ1v) is 2.98. The van der Waals surface area contributed by atoms with Gasteiger partial charge in [0.25, 0.3) is 5.91 Å². The van der Waals surface area contributed by atoms with Gasteiger partial charge in [-0.25, -0.2) is 4.98 Å². The molecule has 0 unspecified atom stereocenters. The zero-order valence-corrected chi connectivity index (χ0v) is 5.63. The minimum absolute atomic E-state index is 0.238. The lowest BCUT2D eigenvalue weighted by molar-refractivity contribution is 0.0994. The predicted molar refractivity (Wildman–Crippen MR) is 34.4 cm³/mol. The third kappa shape index (κ3) is 1.00. The summed E-state index contributed by atoms with van der Waals surface area (Å²) >= 11 is 0. The Hall–Kier alpha value is -1.32. The van der Waals surface area contributed by atoms with Crippen LogP contribution in [0.4, 0.5) is 0 Å². The molecule has 0 saturated heterocycles. The topological polar surface area (TPSA) is 69.1 Å². The van der Waals surface area contributed by atoms with Crippen LogP contribution in [0.5, 0.6) is 0 Å². The molecular formula is C6H8N2O2. The van der Waals surface area contributed by atoms with E-state index in [9.17, 15) is 4.79 Å². The molecular weight excluding hydrogens is 132 g/mol. The third-order valence-electron chi connectivity index (χ3n) is 1.20. The first kappa shape index (κ1) is 6.80. The number of amides is 1. The Bertz CT molecular complexity index is 242. The number of nitrogens with two attached hydrogens (primary N) is 1. The quantitative estimate of drug-likeness (QED) is 0.643. The highest BCUT2D eigenvalue weighted by atomic mass is 16.3. The summed E-state index contributed by atoms with van der Waals surface area (Å²) in [5.41, 5.74) is 5.21. The number of carbonyl (C=O) groups is 1. The molecule has 1 amide bonds. The van der Waals surface area contributed by atoms with E-state index in [0.29, 0.717) is 12.2 Å². The van der Waals surface area contributed by atoms with Crippen LogP contribution in [0.2, 0.25) is 0 Å². The number of primary amides is 1. The second-order valence-electron chi connectivity index (χ2n) is 1.84. The lowest BCUT2D eigenvalue weighted by Crippen LogP contribution is -2.13. The number of hydrogen-bond acceptors (Lipinski definition) is 3. The van der Waals surface area contributed by atoms with E-state index < -0.39 is 5.91 Å². The molecule has 0 bridgehead atoms. The first-order chi connectivity index (χ1) is 4.75. The number of nitrogens with zero attached hydrogens (tertiary/aromatic N) is 1. The van der Waals surface area contributed by atoms with Gasteiger partial charge in [0.05, 0.1) is 0 Å². The lowest BCUT2D eigenvalue weighted by atomic mass is 10.3. The van der Waals surface area contributed by atoms with Crippen molar-refractivity contribution >= 4 is 5.91 Å². The highest BCUT2D eigenvalue weighted by Gasteiger charge is 2.10. The van der Waals surface area contributed by atoms with E-state index in [1.54, 1.807) is 0 Å². The Morgan fingerprint density at radius 2 is 2.60 bits per heavy atom. The predicted octanol–water partition coefficient (Wildman–Crippen LogP) is 0.336. The molecule has 4 heteroatoms. The van der Waals surface area contributed by atoms with Crippen molar-refractivity contribution in [3.63, 3.8) is 0 Å². The molecule has 1 aromatic heterocycles. The molecule has 0 spiro atoms. The monoisotopic (exact) mass is 140 g/mol. The van der Waals surface area contributed by atoms with E-state index >= 15 is 0 Å². The summed E-state index contributed by atoms with van der Waals surface area (Å²) in [6, 6.07) is 0. The van der Waals surface area contributed by atoms with Gasteiger partial charge in [-0.3, -0.25) is 4.79 Å². The maximum atomic E-state index is 10.5. The van der Waals surface area contributed by atoms with Crippen LogP contribution in [0.1, 0.15) is 23.2 Å². The van der Waals surface area contributed by atoms with E-state index in [-0.39, 0.29) is 5.69 Å². The van der Waals surface area contributed by atoms with Gasteiger partial charge < -0.3 is 10.2 Å². The van der Waals surface area contributed by atoms with Gasteiger partial charge in [-0.1, -0.05) is 6.92 Å². The molecule has 0 aliphatic heterocycles. The minimum Gasteiger partial charge on any atom is -0.448 e. The number of aryl methyl sites for hydroxylation is 1. The van der Waals surface area contributed by atoms with Crippen molar-refractivity contribution in [1.29, 1.82) is 0 Å². The molecule has 2 N–H and O–H groups in total.